The first kappa shape index (κ1) is 17.1. The molecule has 25 heavy (non-hydrogen) atoms. The SMILES string of the molecule is CCc1noc(CC)c1CN=C(N)Nc1ccc2c(c1)OCCCO2. The third-order valence-corrected chi connectivity index (χ3v) is 4.03. The summed E-state index contributed by atoms with van der Waals surface area (Å²) in [5.74, 6) is 2.67. The van der Waals surface area contributed by atoms with Gasteiger partial charge < -0.3 is 25.0 Å². The zero-order chi connectivity index (χ0) is 17.6. The van der Waals surface area contributed by atoms with Gasteiger partial charge >= 0.3 is 0 Å². The zero-order valence-electron chi connectivity index (χ0n) is 14.7. The number of rotatable bonds is 5. The monoisotopic (exact) mass is 344 g/mol. The van der Waals surface area contributed by atoms with Gasteiger partial charge in [-0.15, -0.1) is 0 Å². The number of nitrogens with two attached hydrogens (primary N) is 1. The van der Waals surface area contributed by atoms with Crippen molar-refractivity contribution in [1.29, 1.82) is 0 Å². The molecule has 0 spiro atoms. The van der Waals surface area contributed by atoms with Crippen LogP contribution in [0.15, 0.2) is 27.7 Å². The van der Waals surface area contributed by atoms with E-state index < -0.39 is 0 Å². The molecule has 3 rings (SSSR count). The second-order valence-corrected chi connectivity index (χ2v) is 5.78. The predicted molar refractivity (Wildman–Crippen MR) is 96.3 cm³/mol. The van der Waals surface area contributed by atoms with Crippen LogP contribution >= 0.6 is 0 Å². The summed E-state index contributed by atoms with van der Waals surface area (Å²) in [6, 6.07) is 5.64. The van der Waals surface area contributed by atoms with Crippen LogP contribution in [0.1, 0.15) is 37.3 Å². The molecule has 0 saturated carbocycles. The van der Waals surface area contributed by atoms with Crippen LogP contribution in [0.25, 0.3) is 0 Å². The Bertz CT molecular complexity index is 733. The summed E-state index contributed by atoms with van der Waals surface area (Å²) in [6.45, 7) is 5.84. The van der Waals surface area contributed by atoms with E-state index in [0.717, 1.165) is 53.5 Å². The Morgan fingerprint density at radius 1 is 1.20 bits per heavy atom. The van der Waals surface area contributed by atoms with Crippen molar-refractivity contribution in [2.24, 2.45) is 10.7 Å². The molecule has 0 radical (unpaired) electrons. The Labute approximate surface area is 147 Å². The smallest absolute Gasteiger partial charge is 0.193 e. The van der Waals surface area contributed by atoms with Crippen LogP contribution in [-0.4, -0.2) is 24.3 Å². The molecule has 0 amide bonds. The molecule has 2 aromatic rings. The number of nitrogens with zero attached hydrogens (tertiary/aromatic N) is 2. The minimum atomic E-state index is 0.333. The van der Waals surface area contributed by atoms with E-state index in [0.29, 0.717) is 25.7 Å². The van der Waals surface area contributed by atoms with Gasteiger partial charge in [-0.3, -0.25) is 0 Å². The van der Waals surface area contributed by atoms with Crippen molar-refractivity contribution in [3.05, 3.63) is 35.2 Å². The first-order chi connectivity index (χ1) is 12.2. The van der Waals surface area contributed by atoms with Crippen molar-refractivity contribution < 1.29 is 14.0 Å². The van der Waals surface area contributed by atoms with Gasteiger partial charge in [-0.25, -0.2) is 4.99 Å². The molecular weight excluding hydrogens is 320 g/mol. The van der Waals surface area contributed by atoms with Crippen LogP contribution in [0.2, 0.25) is 0 Å². The topological polar surface area (TPSA) is 94.9 Å². The van der Waals surface area contributed by atoms with Crippen LogP contribution in [0.5, 0.6) is 11.5 Å². The van der Waals surface area contributed by atoms with Crippen LogP contribution in [0.4, 0.5) is 5.69 Å². The number of hydrogen-bond acceptors (Lipinski definition) is 5. The molecule has 7 nitrogen and oxygen atoms in total. The molecule has 0 unspecified atom stereocenters. The van der Waals surface area contributed by atoms with E-state index in [-0.39, 0.29) is 0 Å². The van der Waals surface area contributed by atoms with Gasteiger partial charge in [-0.2, -0.15) is 0 Å². The van der Waals surface area contributed by atoms with Crippen molar-refractivity contribution in [2.45, 2.75) is 39.7 Å². The Morgan fingerprint density at radius 2 is 2.00 bits per heavy atom. The third-order valence-electron chi connectivity index (χ3n) is 4.03. The Balaban J connectivity index is 1.70. The molecular formula is C18H24N4O3. The number of anilines is 1. The highest BCUT2D eigenvalue weighted by atomic mass is 16.5. The molecule has 1 aliphatic rings. The quantitative estimate of drug-likeness (QED) is 0.640. The highest BCUT2D eigenvalue weighted by molar-refractivity contribution is 5.92. The van der Waals surface area contributed by atoms with Gasteiger partial charge in [0, 0.05) is 30.2 Å². The van der Waals surface area contributed by atoms with E-state index >= 15 is 0 Å². The van der Waals surface area contributed by atoms with Crippen LogP contribution in [0, 0.1) is 0 Å². The molecule has 3 N–H and O–H groups in total. The predicted octanol–water partition coefficient (Wildman–Crippen LogP) is 2.89. The van der Waals surface area contributed by atoms with Crippen LogP contribution in [-0.2, 0) is 19.4 Å². The van der Waals surface area contributed by atoms with Crippen molar-refractivity contribution in [1.82, 2.24) is 5.16 Å². The zero-order valence-corrected chi connectivity index (χ0v) is 14.7. The van der Waals surface area contributed by atoms with E-state index in [1.54, 1.807) is 0 Å². The first-order valence-electron chi connectivity index (χ1n) is 8.64. The van der Waals surface area contributed by atoms with Gasteiger partial charge in [0.05, 0.1) is 25.5 Å². The molecule has 1 aromatic carbocycles. The average molecular weight is 344 g/mol. The van der Waals surface area contributed by atoms with Crippen LogP contribution < -0.4 is 20.5 Å². The van der Waals surface area contributed by atoms with E-state index in [4.69, 9.17) is 19.7 Å². The summed E-state index contributed by atoms with van der Waals surface area (Å²) >= 11 is 0. The number of aromatic nitrogens is 1. The number of hydrogen-bond donors (Lipinski definition) is 2. The van der Waals surface area contributed by atoms with Crippen molar-refractivity contribution in [3.8, 4) is 11.5 Å². The van der Waals surface area contributed by atoms with Gasteiger partial charge in [0.15, 0.2) is 17.5 Å². The molecule has 1 aromatic heterocycles. The molecule has 7 heteroatoms. The van der Waals surface area contributed by atoms with Crippen LogP contribution in [0.3, 0.4) is 0 Å². The van der Waals surface area contributed by atoms with Gasteiger partial charge in [0.2, 0.25) is 0 Å². The van der Waals surface area contributed by atoms with Gasteiger partial charge in [0.1, 0.15) is 5.76 Å². The van der Waals surface area contributed by atoms with Gasteiger partial charge in [-0.1, -0.05) is 19.0 Å². The average Bonchev–Trinajstić information content (AvgIpc) is 2.88. The third kappa shape index (κ3) is 4.04. The highest BCUT2D eigenvalue weighted by Crippen LogP contribution is 2.32. The normalized spacial score (nSPS) is 14.2. The van der Waals surface area contributed by atoms with Gasteiger partial charge in [-0.05, 0) is 18.6 Å². The van der Waals surface area contributed by atoms with E-state index in [1.165, 1.54) is 0 Å². The fraction of sp³-hybridized carbons (Fsp3) is 0.444. The van der Waals surface area contributed by atoms with E-state index in [9.17, 15) is 0 Å². The lowest BCUT2D eigenvalue weighted by Crippen LogP contribution is -2.22. The molecule has 134 valence electrons. The molecule has 0 fully saturated rings. The Hall–Kier alpha value is -2.70. The lowest BCUT2D eigenvalue weighted by molar-refractivity contribution is 0.297. The summed E-state index contributed by atoms with van der Waals surface area (Å²) in [7, 11) is 0. The second kappa shape index (κ2) is 7.92. The summed E-state index contributed by atoms with van der Waals surface area (Å²) in [5.41, 5.74) is 8.79. The van der Waals surface area contributed by atoms with Crippen molar-refractivity contribution >= 4 is 11.6 Å². The maximum absolute atomic E-state index is 6.03. The summed E-state index contributed by atoms with van der Waals surface area (Å²) in [5, 5.41) is 7.18. The maximum Gasteiger partial charge on any atom is 0.193 e. The number of fused-ring (bicyclic) bond motifs is 1. The number of aliphatic imine (C=N–C) groups is 1. The molecule has 0 bridgehead atoms. The maximum atomic E-state index is 6.03. The molecule has 2 heterocycles. The highest BCUT2D eigenvalue weighted by Gasteiger charge is 2.13. The number of aryl methyl sites for hydroxylation is 2. The molecule has 0 saturated heterocycles. The second-order valence-electron chi connectivity index (χ2n) is 5.78. The summed E-state index contributed by atoms with van der Waals surface area (Å²) in [4.78, 5) is 4.42. The molecule has 1 aliphatic heterocycles. The van der Waals surface area contributed by atoms with Crippen molar-refractivity contribution in [3.63, 3.8) is 0 Å². The lowest BCUT2D eigenvalue weighted by Gasteiger charge is -2.10. The minimum Gasteiger partial charge on any atom is -0.490 e. The minimum absolute atomic E-state index is 0.333. The Kier molecular flexibility index (Phi) is 5.42. The summed E-state index contributed by atoms with van der Waals surface area (Å²) < 4.78 is 16.7. The fourth-order valence-corrected chi connectivity index (χ4v) is 2.71. The number of benzene rings is 1. The number of nitrogens with one attached hydrogen (secondary N) is 1. The van der Waals surface area contributed by atoms with Gasteiger partial charge in [0.25, 0.3) is 0 Å². The number of guanidine groups is 1. The largest absolute Gasteiger partial charge is 0.490 e. The molecule has 0 aliphatic carbocycles. The van der Waals surface area contributed by atoms with Crippen molar-refractivity contribution in [2.75, 3.05) is 18.5 Å². The van der Waals surface area contributed by atoms with E-state index in [1.807, 2.05) is 32.0 Å². The summed E-state index contributed by atoms with van der Waals surface area (Å²) in [6.07, 6.45) is 2.47. The molecule has 0 atom stereocenters. The number of ether oxygens (including phenoxy) is 2. The van der Waals surface area contributed by atoms with E-state index in [2.05, 4.69) is 15.5 Å². The standard InChI is InChI=1S/C18H24N4O3/c1-3-14-13(15(4-2)25-22-14)11-20-18(19)21-12-6-7-16-17(10-12)24-9-5-8-23-16/h6-7,10H,3-5,8-9,11H2,1-2H3,(H3,19,20,21). The fourth-order valence-electron chi connectivity index (χ4n) is 2.71. The first-order valence-corrected chi connectivity index (χ1v) is 8.64. The Morgan fingerprint density at radius 3 is 2.76 bits per heavy atom. The lowest BCUT2D eigenvalue weighted by atomic mass is 10.1.